The molecule has 4 heteroatoms. The third-order valence-corrected chi connectivity index (χ3v) is 3.16. The van der Waals surface area contributed by atoms with Crippen LogP contribution in [0.2, 0.25) is 5.02 Å². The van der Waals surface area contributed by atoms with Crippen LogP contribution in [0.25, 0.3) is 0 Å². The van der Waals surface area contributed by atoms with Gasteiger partial charge in [-0.3, -0.25) is 4.68 Å². The molecule has 0 radical (unpaired) electrons. The van der Waals surface area contributed by atoms with Crippen LogP contribution in [-0.4, -0.2) is 16.3 Å². The van der Waals surface area contributed by atoms with Crippen LogP contribution in [0.4, 0.5) is 0 Å². The van der Waals surface area contributed by atoms with Crippen LogP contribution in [0.1, 0.15) is 17.0 Å². The highest BCUT2D eigenvalue weighted by Crippen LogP contribution is 2.09. The first kappa shape index (κ1) is 13.1. The largest absolute Gasteiger partial charge is 0.311 e. The average molecular weight is 264 g/mol. The summed E-state index contributed by atoms with van der Waals surface area (Å²) in [7, 11) is 1.98. The Morgan fingerprint density at radius 2 is 2.00 bits per heavy atom. The second-order valence-electron chi connectivity index (χ2n) is 4.45. The molecular formula is C14H18ClN3. The van der Waals surface area contributed by atoms with Crippen molar-refractivity contribution in [3.8, 4) is 0 Å². The molecule has 0 aliphatic heterocycles. The Hall–Kier alpha value is -1.32. The molecule has 3 nitrogen and oxygen atoms in total. The van der Waals surface area contributed by atoms with E-state index in [2.05, 4.69) is 28.6 Å². The van der Waals surface area contributed by atoms with Crippen LogP contribution in [0, 0.1) is 6.92 Å². The molecule has 2 rings (SSSR count). The maximum atomic E-state index is 5.85. The standard InChI is InChI=1S/C14H18ClN3/c1-11-9-14(18(2)17-11)10-16-8-7-12-3-5-13(15)6-4-12/h3-6,9,16H,7-8,10H2,1-2H3. The number of halogens is 1. The van der Waals surface area contributed by atoms with Gasteiger partial charge in [0.15, 0.2) is 0 Å². The number of nitrogens with one attached hydrogen (secondary N) is 1. The van der Waals surface area contributed by atoms with E-state index < -0.39 is 0 Å². The molecule has 0 unspecified atom stereocenters. The highest BCUT2D eigenvalue weighted by atomic mass is 35.5. The van der Waals surface area contributed by atoms with Crippen LogP contribution in [0.3, 0.4) is 0 Å². The predicted octanol–water partition coefficient (Wildman–Crippen LogP) is 2.71. The maximum Gasteiger partial charge on any atom is 0.0597 e. The van der Waals surface area contributed by atoms with Crippen LogP contribution in [-0.2, 0) is 20.0 Å². The molecule has 18 heavy (non-hydrogen) atoms. The van der Waals surface area contributed by atoms with E-state index in [1.807, 2.05) is 30.8 Å². The first-order valence-electron chi connectivity index (χ1n) is 6.10. The van der Waals surface area contributed by atoms with E-state index in [0.29, 0.717) is 0 Å². The molecule has 1 N–H and O–H groups in total. The fourth-order valence-electron chi connectivity index (χ4n) is 1.93. The molecule has 0 amide bonds. The normalized spacial score (nSPS) is 10.8. The maximum absolute atomic E-state index is 5.85. The quantitative estimate of drug-likeness (QED) is 0.841. The monoisotopic (exact) mass is 263 g/mol. The number of nitrogens with zero attached hydrogens (tertiary/aromatic N) is 2. The first-order valence-corrected chi connectivity index (χ1v) is 6.47. The molecule has 0 aliphatic rings. The minimum absolute atomic E-state index is 0.789. The van der Waals surface area contributed by atoms with E-state index in [4.69, 9.17) is 11.6 Å². The van der Waals surface area contributed by atoms with Gasteiger partial charge >= 0.3 is 0 Å². The lowest BCUT2D eigenvalue weighted by Gasteiger charge is -2.05. The van der Waals surface area contributed by atoms with E-state index in [1.165, 1.54) is 11.3 Å². The highest BCUT2D eigenvalue weighted by Gasteiger charge is 2.01. The zero-order valence-corrected chi connectivity index (χ0v) is 11.5. The minimum Gasteiger partial charge on any atom is -0.311 e. The molecule has 0 saturated carbocycles. The molecule has 0 bridgehead atoms. The fourth-order valence-corrected chi connectivity index (χ4v) is 2.06. The fraction of sp³-hybridized carbons (Fsp3) is 0.357. The van der Waals surface area contributed by atoms with Crippen LogP contribution >= 0.6 is 11.6 Å². The van der Waals surface area contributed by atoms with Crippen molar-refractivity contribution >= 4 is 11.6 Å². The Bertz CT molecular complexity index is 502. The van der Waals surface area contributed by atoms with Gasteiger partial charge in [0, 0.05) is 18.6 Å². The molecule has 96 valence electrons. The Labute approximate surface area is 113 Å². The molecule has 0 saturated heterocycles. The van der Waals surface area contributed by atoms with E-state index in [1.54, 1.807) is 0 Å². The molecule has 1 aromatic carbocycles. The van der Waals surface area contributed by atoms with Crippen molar-refractivity contribution in [1.82, 2.24) is 15.1 Å². The molecule has 2 aromatic rings. The van der Waals surface area contributed by atoms with Crippen LogP contribution in [0.5, 0.6) is 0 Å². The van der Waals surface area contributed by atoms with E-state index in [9.17, 15) is 0 Å². The van der Waals surface area contributed by atoms with Gasteiger partial charge in [-0.2, -0.15) is 5.10 Å². The molecule has 0 fully saturated rings. The van der Waals surface area contributed by atoms with Crippen LogP contribution in [0.15, 0.2) is 30.3 Å². The number of aromatic nitrogens is 2. The van der Waals surface area contributed by atoms with Gasteiger partial charge in [-0.1, -0.05) is 23.7 Å². The summed E-state index contributed by atoms with van der Waals surface area (Å²) in [4.78, 5) is 0. The Morgan fingerprint density at radius 1 is 1.28 bits per heavy atom. The summed E-state index contributed by atoms with van der Waals surface area (Å²) in [6, 6.07) is 10.1. The summed E-state index contributed by atoms with van der Waals surface area (Å²) < 4.78 is 1.92. The van der Waals surface area contributed by atoms with E-state index >= 15 is 0 Å². The Kier molecular flexibility index (Phi) is 4.39. The topological polar surface area (TPSA) is 29.9 Å². The van der Waals surface area contributed by atoms with Gasteiger partial charge in [-0.05, 0) is 43.7 Å². The first-order chi connectivity index (χ1) is 8.65. The van der Waals surface area contributed by atoms with Gasteiger partial charge < -0.3 is 5.32 Å². The van der Waals surface area contributed by atoms with Crippen molar-refractivity contribution in [3.63, 3.8) is 0 Å². The molecular weight excluding hydrogens is 246 g/mol. The van der Waals surface area contributed by atoms with Crippen molar-refractivity contribution in [2.45, 2.75) is 19.9 Å². The SMILES string of the molecule is Cc1cc(CNCCc2ccc(Cl)cc2)n(C)n1. The number of benzene rings is 1. The number of hydrogen-bond donors (Lipinski definition) is 1. The predicted molar refractivity (Wildman–Crippen MR) is 74.8 cm³/mol. The lowest BCUT2D eigenvalue weighted by molar-refractivity contribution is 0.624. The second-order valence-corrected chi connectivity index (χ2v) is 4.89. The smallest absolute Gasteiger partial charge is 0.0597 e. The van der Waals surface area contributed by atoms with Crippen molar-refractivity contribution in [3.05, 3.63) is 52.3 Å². The summed E-state index contributed by atoms with van der Waals surface area (Å²) in [5.74, 6) is 0. The van der Waals surface area contributed by atoms with Gasteiger partial charge in [0.25, 0.3) is 0 Å². The van der Waals surface area contributed by atoms with Crippen molar-refractivity contribution < 1.29 is 0 Å². The third kappa shape index (κ3) is 3.59. The summed E-state index contributed by atoms with van der Waals surface area (Å²) in [5, 5.41) is 8.53. The summed E-state index contributed by atoms with van der Waals surface area (Å²) in [6.07, 6.45) is 1.01. The average Bonchev–Trinajstić information content (AvgIpc) is 2.66. The zero-order valence-electron chi connectivity index (χ0n) is 10.8. The summed E-state index contributed by atoms with van der Waals surface area (Å²) in [5.41, 5.74) is 3.57. The summed E-state index contributed by atoms with van der Waals surface area (Å²) in [6.45, 7) is 3.81. The lowest BCUT2D eigenvalue weighted by Crippen LogP contribution is -2.18. The van der Waals surface area contributed by atoms with Crippen LogP contribution < -0.4 is 5.32 Å². The van der Waals surface area contributed by atoms with E-state index in [-0.39, 0.29) is 0 Å². The molecule has 0 atom stereocenters. The Morgan fingerprint density at radius 3 is 2.61 bits per heavy atom. The van der Waals surface area contributed by atoms with Gasteiger partial charge in [0.05, 0.1) is 11.4 Å². The number of rotatable bonds is 5. The van der Waals surface area contributed by atoms with Crippen molar-refractivity contribution in [1.29, 1.82) is 0 Å². The van der Waals surface area contributed by atoms with E-state index in [0.717, 1.165) is 30.2 Å². The lowest BCUT2D eigenvalue weighted by atomic mass is 10.1. The van der Waals surface area contributed by atoms with Gasteiger partial charge in [0.1, 0.15) is 0 Å². The van der Waals surface area contributed by atoms with Gasteiger partial charge in [0.2, 0.25) is 0 Å². The van der Waals surface area contributed by atoms with Crippen molar-refractivity contribution in [2.24, 2.45) is 7.05 Å². The molecule has 0 spiro atoms. The highest BCUT2D eigenvalue weighted by molar-refractivity contribution is 6.30. The molecule has 1 aromatic heterocycles. The Balaban J connectivity index is 1.76. The van der Waals surface area contributed by atoms with Gasteiger partial charge in [-0.25, -0.2) is 0 Å². The minimum atomic E-state index is 0.789. The zero-order chi connectivity index (χ0) is 13.0. The second kappa shape index (κ2) is 6.03. The number of hydrogen-bond acceptors (Lipinski definition) is 2. The summed E-state index contributed by atoms with van der Waals surface area (Å²) >= 11 is 5.85. The molecule has 0 aliphatic carbocycles. The molecule has 1 heterocycles. The van der Waals surface area contributed by atoms with Crippen molar-refractivity contribution in [2.75, 3.05) is 6.54 Å². The number of aryl methyl sites for hydroxylation is 2. The van der Waals surface area contributed by atoms with Gasteiger partial charge in [-0.15, -0.1) is 0 Å². The third-order valence-electron chi connectivity index (χ3n) is 2.91.